The highest BCUT2D eigenvalue weighted by Crippen LogP contribution is 2.26. The van der Waals surface area contributed by atoms with Crippen molar-refractivity contribution >= 4 is 11.9 Å². The molecule has 1 fully saturated rings. The van der Waals surface area contributed by atoms with E-state index >= 15 is 0 Å². The van der Waals surface area contributed by atoms with Crippen LogP contribution in [0, 0.1) is 0 Å². The summed E-state index contributed by atoms with van der Waals surface area (Å²) in [6.07, 6.45) is 5.21. The Morgan fingerprint density at radius 2 is 2.00 bits per heavy atom. The van der Waals surface area contributed by atoms with E-state index < -0.39 is 5.60 Å². The lowest BCUT2D eigenvalue weighted by molar-refractivity contribution is -0.000380. The molecule has 7 heteroatoms. The predicted octanol–water partition coefficient (Wildman–Crippen LogP) is 2.32. The van der Waals surface area contributed by atoms with E-state index in [9.17, 15) is 4.79 Å². The number of anilines is 1. The maximum absolute atomic E-state index is 11.9. The van der Waals surface area contributed by atoms with Crippen LogP contribution in [0.4, 0.5) is 10.6 Å². The average Bonchev–Trinajstić information content (AvgIpc) is 2.85. The van der Waals surface area contributed by atoms with Crippen molar-refractivity contribution in [1.82, 2.24) is 19.7 Å². The van der Waals surface area contributed by atoms with E-state index in [4.69, 9.17) is 10.5 Å². The third kappa shape index (κ3) is 3.44. The average molecular weight is 315 g/mol. The number of hydrogen-bond acceptors (Lipinski definition) is 5. The standard InChI is InChI=1S/C16H21N5O2/c1-16(2,3)23-15(22)20-9-13(10-20)21-8-12(7-19-21)11-4-5-14(17)18-6-11/h4-8,13H,9-10H2,1-3H3,(H2,17,18). The molecular formula is C16H21N5O2. The van der Waals surface area contributed by atoms with E-state index in [1.807, 2.05) is 37.7 Å². The second-order valence-electron chi connectivity index (χ2n) is 6.72. The quantitative estimate of drug-likeness (QED) is 0.919. The van der Waals surface area contributed by atoms with Crippen LogP contribution < -0.4 is 5.73 Å². The molecule has 7 nitrogen and oxygen atoms in total. The van der Waals surface area contributed by atoms with Gasteiger partial charge in [-0.15, -0.1) is 0 Å². The molecule has 1 saturated heterocycles. The minimum absolute atomic E-state index is 0.179. The lowest BCUT2D eigenvalue weighted by atomic mass is 10.1. The number of nitrogens with zero attached hydrogens (tertiary/aromatic N) is 4. The number of ether oxygens (including phenoxy) is 1. The van der Waals surface area contributed by atoms with Gasteiger partial charge in [0.1, 0.15) is 11.4 Å². The molecule has 0 spiro atoms. The molecule has 3 rings (SSSR count). The van der Waals surface area contributed by atoms with Crippen molar-refractivity contribution in [2.45, 2.75) is 32.4 Å². The number of hydrogen-bond donors (Lipinski definition) is 1. The molecule has 1 aliphatic heterocycles. The minimum Gasteiger partial charge on any atom is -0.444 e. The monoisotopic (exact) mass is 315 g/mol. The van der Waals surface area contributed by atoms with Crippen LogP contribution in [-0.4, -0.2) is 44.4 Å². The summed E-state index contributed by atoms with van der Waals surface area (Å²) in [7, 11) is 0. The molecule has 0 saturated carbocycles. The summed E-state index contributed by atoms with van der Waals surface area (Å²) in [5, 5.41) is 4.38. The summed E-state index contributed by atoms with van der Waals surface area (Å²) in [4.78, 5) is 17.7. The first-order chi connectivity index (χ1) is 10.8. The number of carbonyl (C=O) groups excluding carboxylic acids is 1. The molecule has 0 aromatic carbocycles. The van der Waals surface area contributed by atoms with Crippen LogP contribution in [0.2, 0.25) is 0 Å². The van der Waals surface area contributed by atoms with Gasteiger partial charge in [0.15, 0.2) is 0 Å². The molecule has 1 amide bonds. The Kier molecular flexibility index (Phi) is 3.71. The number of aromatic nitrogens is 3. The van der Waals surface area contributed by atoms with Crippen LogP contribution in [0.15, 0.2) is 30.7 Å². The first-order valence-electron chi connectivity index (χ1n) is 7.56. The SMILES string of the molecule is CC(C)(C)OC(=O)N1CC(n2cc(-c3ccc(N)nc3)cn2)C1. The molecule has 0 aliphatic carbocycles. The number of amides is 1. The molecule has 23 heavy (non-hydrogen) atoms. The summed E-state index contributed by atoms with van der Waals surface area (Å²) in [5.41, 5.74) is 7.07. The Bertz CT molecular complexity index is 696. The Balaban J connectivity index is 1.61. The first-order valence-corrected chi connectivity index (χ1v) is 7.56. The maximum Gasteiger partial charge on any atom is 0.410 e. The summed E-state index contributed by atoms with van der Waals surface area (Å²) >= 11 is 0. The van der Waals surface area contributed by atoms with Crippen molar-refractivity contribution in [2.75, 3.05) is 18.8 Å². The Labute approximate surface area is 135 Å². The highest BCUT2D eigenvalue weighted by molar-refractivity contribution is 5.69. The Morgan fingerprint density at radius 3 is 2.61 bits per heavy atom. The van der Waals surface area contributed by atoms with Gasteiger partial charge in [-0.25, -0.2) is 9.78 Å². The molecule has 2 N–H and O–H groups in total. The predicted molar refractivity (Wildman–Crippen MR) is 86.7 cm³/mol. The third-order valence-electron chi connectivity index (χ3n) is 3.61. The number of likely N-dealkylation sites (tertiary alicyclic amines) is 1. The lowest BCUT2D eigenvalue weighted by Crippen LogP contribution is -2.52. The molecule has 0 bridgehead atoms. The maximum atomic E-state index is 11.9. The summed E-state index contributed by atoms with van der Waals surface area (Å²) in [6, 6.07) is 3.86. The van der Waals surface area contributed by atoms with Crippen molar-refractivity contribution in [2.24, 2.45) is 0 Å². The van der Waals surface area contributed by atoms with Crippen LogP contribution in [0.5, 0.6) is 0 Å². The van der Waals surface area contributed by atoms with Gasteiger partial charge >= 0.3 is 6.09 Å². The number of pyridine rings is 1. The van der Waals surface area contributed by atoms with Crippen LogP contribution in [0.25, 0.3) is 11.1 Å². The van der Waals surface area contributed by atoms with Crippen molar-refractivity contribution in [3.05, 3.63) is 30.7 Å². The fraction of sp³-hybridized carbons (Fsp3) is 0.438. The molecule has 3 heterocycles. The Morgan fingerprint density at radius 1 is 1.26 bits per heavy atom. The number of nitrogen functional groups attached to an aromatic ring is 1. The number of carbonyl (C=O) groups is 1. The van der Waals surface area contributed by atoms with Gasteiger partial charge in [0, 0.05) is 36.6 Å². The summed E-state index contributed by atoms with van der Waals surface area (Å²) in [5.74, 6) is 0.494. The van der Waals surface area contributed by atoms with E-state index in [1.165, 1.54) is 0 Å². The van der Waals surface area contributed by atoms with Gasteiger partial charge in [-0.3, -0.25) is 4.68 Å². The van der Waals surface area contributed by atoms with Crippen molar-refractivity contribution < 1.29 is 9.53 Å². The summed E-state index contributed by atoms with van der Waals surface area (Å²) in [6.45, 7) is 6.81. The normalized spacial score (nSPS) is 15.3. The molecule has 2 aromatic rings. The second-order valence-corrected chi connectivity index (χ2v) is 6.72. The van der Waals surface area contributed by atoms with Crippen LogP contribution >= 0.6 is 0 Å². The van der Waals surface area contributed by atoms with Crippen molar-refractivity contribution in [3.8, 4) is 11.1 Å². The molecular weight excluding hydrogens is 294 g/mol. The highest BCUT2D eigenvalue weighted by atomic mass is 16.6. The van der Waals surface area contributed by atoms with Gasteiger partial charge in [0.05, 0.1) is 12.2 Å². The fourth-order valence-corrected chi connectivity index (χ4v) is 2.36. The largest absolute Gasteiger partial charge is 0.444 e. The van der Waals surface area contributed by atoms with Gasteiger partial charge in [0.2, 0.25) is 0 Å². The Hall–Kier alpha value is -2.57. The van der Waals surface area contributed by atoms with Crippen LogP contribution in [0.3, 0.4) is 0 Å². The molecule has 2 aromatic heterocycles. The zero-order chi connectivity index (χ0) is 16.6. The highest BCUT2D eigenvalue weighted by Gasteiger charge is 2.35. The van der Waals surface area contributed by atoms with Gasteiger partial charge in [-0.05, 0) is 32.9 Å². The van der Waals surface area contributed by atoms with E-state index in [1.54, 1.807) is 23.4 Å². The number of nitrogens with two attached hydrogens (primary N) is 1. The van der Waals surface area contributed by atoms with Crippen molar-refractivity contribution in [3.63, 3.8) is 0 Å². The van der Waals surface area contributed by atoms with Gasteiger partial charge in [0.25, 0.3) is 0 Å². The number of rotatable bonds is 2. The third-order valence-corrected chi connectivity index (χ3v) is 3.61. The van der Waals surface area contributed by atoms with Gasteiger partial charge < -0.3 is 15.4 Å². The zero-order valence-electron chi connectivity index (χ0n) is 13.6. The van der Waals surface area contributed by atoms with E-state index in [2.05, 4.69) is 10.1 Å². The molecule has 0 radical (unpaired) electrons. The topological polar surface area (TPSA) is 86.3 Å². The zero-order valence-corrected chi connectivity index (χ0v) is 13.6. The van der Waals surface area contributed by atoms with Crippen molar-refractivity contribution in [1.29, 1.82) is 0 Å². The van der Waals surface area contributed by atoms with E-state index in [0.29, 0.717) is 18.9 Å². The molecule has 1 aliphatic rings. The fourth-order valence-electron chi connectivity index (χ4n) is 2.36. The molecule has 0 atom stereocenters. The lowest BCUT2D eigenvalue weighted by Gasteiger charge is -2.39. The smallest absolute Gasteiger partial charge is 0.410 e. The van der Waals surface area contributed by atoms with E-state index in [0.717, 1.165) is 11.1 Å². The van der Waals surface area contributed by atoms with Crippen LogP contribution in [-0.2, 0) is 4.74 Å². The first kappa shape index (κ1) is 15.3. The van der Waals surface area contributed by atoms with Crippen LogP contribution in [0.1, 0.15) is 26.8 Å². The molecule has 122 valence electrons. The summed E-state index contributed by atoms with van der Waals surface area (Å²) < 4.78 is 7.23. The minimum atomic E-state index is -0.469. The second kappa shape index (κ2) is 5.57. The van der Waals surface area contributed by atoms with E-state index in [-0.39, 0.29) is 12.1 Å². The van der Waals surface area contributed by atoms with Gasteiger partial charge in [-0.2, -0.15) is 5.10 Å². The molecule has 0 unspecified atom stereocenters. The van der Waals surface area contributed by atoms with Gasteiger partial charge in [-0.1, -0.05) is 0 Å².